The number of esters is 4. The molecule has 0 bridgehead atoms. The summed E-state index contributed by atoms with van der Waals surface area (Å²) in [6.07, 6.45) is -5.41. The standard InChI is InChI=1S/C27H27NO12S/c1-12-11-41-26(28-12)19-9-35-20-8-17(6-7-18(20)22(19)33)39-27-25(38-16(5)32)24(37-15(4)31)23(36-14(3)30)21(40-27)10-34-13(2)29/h6-9,11,21,23-25,27H,10H2,1-5H3/t21-,23-,24+,25+,27+/m1/s1. The van der Waals surface area contributed by atoms with Crippen molar-refractivity contribution in [1.82, 2.24) is 4.98 Å². The van der Waals surface area contributed by atoms with Gasteiger partial charge in [-0.25, -0.2) is 4.98 Å². The Labute approximate surface area is 237 Å². The molecule has 0 N–H and O–H groups in total. The summed E-state index contributed by atoms with van der Waals surface area (Å²) in [5, 5.41) is 2.61. The number of carbonyl (C=O) groups excluding carboxylic acids is 4. The first-order chi connectivity index (χ1) is 19.4. The van der Waals surface area contributed by atoms with Crippen LogP contribution < -0.4 is 10.2 Å². The van der Waals surface area contributed by atoms with Gasteiger partial charge < -0.3 is 32.8 Å². The Hall–Kier alpha value is -4.30. The first kappa shape index (κ1) is 29.7. The largest absolute Gasteiger partial charge is 0.463 e. The van der Waals surface area contributed by atoms with E-state index in [-0.39, 0.29) is 22.1 Å². The zero-order chi connectivity index (χ0) is 29.8. The second-order valence-corrected chi connectivity index (χ2v) is 9.97. The molecule has 0 amide bonds. The molecule has 4 rings (SSSR count). The summed E-state index contributed by atoms with van der Waals surface area (Å²) >= 11 is 1.32. The summed E-state index contributed by atoms with van der Waals surface area (Å²) < 4.78 is 38.9. The van der Waals surface area contributed by atoms with E-state index in [0.717, 1.165) is 26.5 Å². The zero-order valence-electron chi connectivity index (χ0n) is 22.7. The summed E-state index contributed by atoms with van der Waals surface area (Å²) in [6.45, 7) is 5.96. The molecule has 1 aliphatic rings. The summed E-state index contributed by atoms with van der Waals surface area (Å²) in [5.41, 5.74) is 0.983. The molecule has 2 aromatic heterocycles. The molecular weight excluding hydrogens is 562 g/mol. The molecule has 14 heteroatoms. The molecule has 1 aromatic carbocycles. The maximum absolute atomic E-state index is 13.1. The molecule has 0 radical (unpaired) electrons. The number of thiazole rings is 1. The molecule has 1 fully saturated rings. The fourth-order valence-corrected chi connectivity index (χ4v) is 5.02. The van der Waals surface area contributed by atoms with Crippen molar-refractivity contribution in [3.63, 3.8) is 0 Å². The van der Waals surface area contributed by atoms with Gasteiger partial charge in [-0.2, -0.15) is 0 Å². The van der Waals surface area contributed by atoms with E-state index >= 15 is 0 Å². The van der Waals surface area contributed by atoms with Crippen molar-refractivity contribution in [1.29, 1.82) is 0 Å². The lowest BCUT2D eigenvalue weighted by molar-refractivity contribution is -0.288. The lowest BCUT2D eigenvalue weighted by Crippen LogP contribution is -2.63. The van der Waals surface area contributed by atoms with Gasteiger partial charge in [0.05, 0.1) is 10.9 Å². The monoisotopic (exact) mass is 589 g/mol. The Morgan fingerprint density at radius 2 is 1.59 bits per heavy atom. The molecule has 1 saturated heterocycles. The molecule has 3 heterocycles. The Kier molecular flexibility index (Phi) is 9.03. The van der Waals surface area contributed by atoms with E-state index < -0.39 is 61.2 Å². The Balaban J connectivity index is 1.70. The van der Waals surface area contributed by atoms with Crippen LogP contribution in [0.25, 0.3) is 21.5 Å². The summed E-state index contributed by atoms with van der Waals surface area (Å²) in [5.74, 6) is -2.79. The van der Waals surface area contributed by atoms with Crippen molar-refractivity contribution >= 4 is 46.2 Å². The van der Waals surface area contributed by atoms with Crippen LogP contribution in [0, 0.1) is 6.92 Å². The number of benzene rings is 1. The van der Waals surface area contributed by atoms with Crippen molar-refractivity contribution in [2.24, 2.45) is 0 Å². The van der Waals surface area contributed by atoms with E-state index in [0.29, 0.717) is 10.6 Å². The number of hydrogen-bond acceptors (Lipinski definition) is 14. The van der Waals surface area contributed by atoms with Gasteiger partial charge in [-0.15, -0.1) is 11.3 Å². The third kappa shape index (κ3) is 7.08. The van der Waals surface area contributed by atoms with Gasteiger partial charge in [0.1, 0.15) is 35.3 Å². The SMILES string of the molecule is CC(=O)OC[C@H]1O[C@H](Oc2ccc3c(=O)c(-c4nc(C)cs4)coc3c2)[C@@H](OC(C)=O)[C@@H](OC(C)=O)[C@@H]1OC(C)=O. The topological polar surface area (TPSA) is 167 Å². The normalized spacial score (nSPS) is 22.0. The van der Waals surface area contributed by atoms with Crippen molar-refractivity contribution in [3.05, 3.63) is 45.8 Å². The summed E-state index contributed by atoms with van der Waals surface area (Å²) in [4.78, 5) is 64.9. The Morgan fingerprint density at radius 3 is 2.20 bits per heavy atom. The molecule has 5 atom stereocenters. The van der Waals surface area contributed by atoms with Crippen LogP contribution in [0.15, 0.2) is 39.1 Å². The molecule has 1 aliphatic heterocycles. The van der Waals surface area contributed by atoms with Gasteiger partial charge in [0.15, 0.2) is 12.2 Å². The van der Waals surface area contributed by atoms with Gasteiger partial charge in [0.2, 0.25) is 17.8 Å². The highest BCUT2D eigenvalue weighted by Crippen LogP contribution is 2.32. The molecule has 0 unspecified atom stereocenters. The highest BCUT2D eigenvalue weighted by atomic mass is 32.1. The third-order valence-corrected chi connectivity index (χ3v) is 6.79. The van der Waals surface area contributed by atoms with Crippen LogP contribution in [-0.4, -0.2) is 66.2 Å². The average Bonchev–Trinajstić information content (AvgIpc) is 3.31. The second kappa shape index (κ2) is 12.5. The number of aromatic nitrogens is 1. The third-order valence-electron chi connectivity index (χ3n) is 5.80. The van der Waals surface area contributed by atoms with E-state index in [4.69, 9.17) is 32.8 Å². The highest BCUT2D eigenvalue weighted by molar-refractivity contribution is 7.13. The van der Waals surface area contributed by atoms with Crippen LogP contribution in [0.4, 0.5) is 0 Å². The summed E-state index contributed by atoms with van der Waals surface area (Å²) in [6, 6.07) is 4.40. The smallest absolute Gasteiger partial charge is 0.303 e. The Bertz CT molecular complexity index is 1530. The molecular formula is C27H27NO12S. The van der Waals surface area contributed by atoms with Gasteiger partial charge in [-0.1, -0.05) is 0 Å². The molecule has 13 nitrogen and oxygen atoms in total. The number of aryl methyl sites for hydroxylation is 1. The number of carbonyl (C=O) groups is 4. The molecule has 3 aromatic rings. The van der Waals surface area contributed by atoms with Gasteiger partial charge in [0.25, 0.3) is 0 Å². The molecule has 41 heavy (non-hydrogen) atoms. The fraction of sp³-hybridized carbons (Fsp3) is 0.407. The van der Waals surface area contributed by atoms with E-state index in [2.05, 4.69) is 4.98 Å². The van der Waals surface area contributed by atoms with Crippen LogP contribution in [0.2, 0.25) is 0 Å². The van der Waals surface area contributed by atoms with E-state index in [9.17, 15) is 24.0 Å². The van der Waals surface area contributed by atoms with Gasteiger partial charge in [-0.05, 0) is 19.1 Å². The van der Waals surface area contributed by atoms with E-state index in [1.165, 1.54) is 42.7 Å². The molecule has 0 saturated carbocycles. The van der Waals surface area contributed by atoms with Crippen molar-refractivity contribution in [3.8, 4) is 16.3 Å². The zero-order valence-corrected chi connectivity index (χ0v) is 23.6. The van der Waals surface area contributed by atoms with Crippen molar-refractivity contribution in [2.75, 3.05) is 6.61 Å². The first-order valence-corrected chi connectivity index (χ1v) is 13.3. The quantitative estimate of drug-likeness (QED) is 0.278. The maximum Gasteiger partial charge on any atom is 0.303 e. The number of hydrogen-bond donors (Lipinski definition) is 0. The Morgan fingerprint density at radius 1 is 0.927 bits per heavy atom. The highest BCUT2D eigenvalue weighted by Gasteiger charge is 2.53. The molecule has 218 valence electrons. The minimum Gasteiger partial charge on any atom is -0.463 e. The predicted molar refractivity (Wildman–Crippen MR) is 141 cm³/mol. The average molecular weight is 590 g/mol. The number of ether oxygens (including phenoxy) is 6. The number of rotatable bonds is 8. The molecule has 0 aliphatic carbocycles. The molecule has 0 spiro atoms. The van der Waals surface area contributed by atoms with Crippen LogP contribution in [0.5, 0.6) is 5.75 Å². The van der Waals surface area contributed by atoms with Crippen LogP contribution in [0.3, 0.4) is 0 Å². The van der Waals surface area contributed by atoms with E-state index in [1.54, 1.807) is 0 Å². The van der Waals surface area contributed by atoms with E-state index in [1.807, 2.05) is 12.3 Å². The van der Waals surface area contributed by atoms with Crippen LogP contribution in [0.1, 0.15) is 33.4 Å². The van der Waals surface area contributed by atoms with Crippen LogP contribution in [-0.2, 0) is 42.9 Å². The van der Waals surface area contributed by atoms with Gasteiger partial charge in [-0.3, -0.25) is 24.0 Å². The fourth-order valence-electron chi connectivity index (χ4n) is 4.22. The van der Waals surface area contributed by atoms with Gasteiger partial charge in [0, 0.05) is 44.8 Å². The number of nitrogens with zero attached hydrogens (tertiary/aromatic N) is 1. The lowest BCUT2D eigenvalue weighted by atomic mass is 9.98. The second-order valence-electron chi connectivity index (χ2n) is 9.12. The summed E-state index contributed by atoms with van der Waals surface area (Å²) in [7, 11) is 0. The van der Waals surface area contributed by atoms with Gasteiger partial charge >= 0.3 is 23.9 Å². The van der Waals surface area contributed by atoms with Crippen LogP contribution >= 0.6 is 11.3 Å². The number of fused-ring (bicyclic) bond motifs is 1. The van der Waals surface area contributed by atoms with Crippen molar-refractivity contribution in [2.45, 2.75) is 65.3 Å². The predicted octanol–water partition coefficient (Wildman–Crippen LogP) is 2.69. The lowest BCUT2D eigenvalue weighted by Gasteiger charge is -2.43. The maximum atomic E-state index is 13.1. The van der Waals surface area contributed by atoms with Crippen molar-refractivity contribution < 1.29 is 52.0 Å². The minimum atomic E-state index is -1.43. The minimum absolute atomic E-state index is 0.138. The first-order valence-electron chi connectivity index (χ1n) is 12.4.